The molecule has 30 heavy (non-hydrogen) atoms. The minimum atomic E-state index is -3.34. The van der Waals surface area contributed by atoms with Gasteiger partial charge in [-0.1, -0.05) is 60.1 Å². The smallest absolute Gasteiger partial charge is 0.353 e. The summed E-state index contributed by atoms with van der Waals surface area (Å²) in [5, 5.41) is 0.139. The maximum Gasteiger partial charge on any atom is 0.353 e. The van der Waals surface area contributed by atoms with Crippen LogP contribution in [0.2, 0.25) is 10.0 Å². The molecular formula is C22H19Cl2FO5. The quantitative estimate of drug-likeness (QED) is 0.245. The van der Waals surface area contributed by atoms with Crippen molar-refractivity contribution in [2.24, 2.45) is 0 Å². The van der Waals surface area contributed by atoms with Gasteiger partial charge in [-0.2, -0.15) is 0 Å². The number of ether oxygens (including phenoxy) is 2. The zero-order valence-electron chi connectivity index (χ0n) is 16.3. The monoisotopic (exact) mass is 452 g/mol. The van der Waals surface area contributed by atoms with Crippen LogP contribution in [0.3, 0.4) is 0 Å². The van der Waals surface area contributed by atoms with Crippen molar-refractivity contribution in [2.75, 3.05) is 13.7 Å². The molecule has 0 amide bonds. The van der Waals surface area contributed by atoms with Crippen LogP contribution < -0.4 is 0 Å². The van der Waals surface area contributed by atoms with Crippen LogP contribution in [0.1, 0.15) is 28.8 Å². The normalized spacial score (nSPS) is 13.6. The number of hydrogen-bond acceptors (Lipinski definition) is 5. The van der Waals surface area contributed by atoms with Crippen molar-refractivity contribution < 1.29 is 28.2 Å². The lowest BCUT2D eigenvalue weighted by atomic mass is 9.74. The second-order valence-electron chi connectivity index (χ2n) is 6.28. The van der Waals surface area contributed by atoms with E-state index in [2.05, 4.69) is 11.3 Å². The Morgan fingerprint density at radius 1 is 1.10 bits per heavy atom. The van der Waals surface area contributed by atoms with Crippen LogP contribution in [0.4, 0.5) is 4.39 Å². The van der Waals surface area contributed by atoms with Gasteiger partial charge in [0.1, 0.15) is 0 Å². The Hall–Kier alpha value is -2.70. The van der Waals surface area contributed by atoms with E-state index < -0.39 is 34.9 Å². The van der Waals surface area contributed by atoms with Gasteiger partial charge in [0.15, 0.2) is 0 Å². The van der Waals surface area contributed by atoms with Crippen LogP contribution in [0.25, 0.3) is 0 Å². The molecule has 0 aliphatic rings. The third-order valence-electron chi connectivity index (χ3n) is 4.35. The fourth-order valence-electron chi connectivity index (χ4n) is 3.04. The van der Waals surface area contributed by atoms with Gasteiger partial charge in [0.25, 0.3) is 5.67 Å². The second-order valence-corrected chi connectivity index (χ2v) is 7.15. The van der Waals surface area contributed by atoms with Gasteiger partial charge in [-0.15, -0.1) is 0 Å². The van der Waals surface area contributed by atoms with Gasteiger partial charge in [-0.25, -0.2) is 14.0 Å². The van der Waals surface area contributed by atoms with Crippen molar-refractivity contribution in [1.29, 1.82) is 0 Å². The van der Waals surface area contributed by atoms with E-state index in [1.54, 1.807) is 18.2 Å². The number of methoxy groups -OCH3 is 1. The lowest BCUT2D eigenvalue weighted by Gasteiger charge is -2.31. The summed E-state index contributed by atoms with van der Waals surface area (Å²) in [7, 11) is 1.08. The molecule has 0 aliphatic heterocycles. The number of Topliss-reactive ketones (excluding diaryl/α,β-unsaturated/α-hetero) is 1. The first-order valence-electron chi connectivity index (χ1n) is 8.85. The Kier molecular flexibility index (Phi) is 7.76. The molecule has 0 saturated heterocycles. The van der Waals surface area contributed by atoms with Gasteiger partial charge in [-0.3, -0.25) is 4.79 Å². The van der Waals surface area contributed by atoms with E-state index in [1.807, 2.05) is 0 Å². The predicted molar refractivity (Wildman–Crippen MR) is 112 cm³/mol. The summed E-state index contributed by atoms with van der Waals surface area (Å²) < 4.78 is 26.2. The van der Waals surface area contributed by atoms with Crippen molar-refractivity contribution in [3.63, 3.8) is 0 Å². The molecule has 5 nitrogen and oxygen atoms in total. The van der Waals surface area contributed by atoms with Gasteiger partial charge in [0.05, 0.1) is 19.6 Å². The van der Waals surface area contributed by atoms with Crippen LogP contribution in [-0.2, 0) is 19.1 Å². The molecule has 0 fully saturated rings. The van der Waals surface area contributed by atoms with Crippen LogP contribution in [0, 0.1) is 0 Å². The number of benzene rings is 2. The van der Waals surface area contributed by atoms with Crippen molar-refractivity contribution in [3.8, 4) is 0 Å². The minimum Gasteiger partial charge on any atom is -0.466 e. The van der Waals surface area contributed by atoms with Crippen molar-refractivity contribution in [2.45, 2.75) is 18.5 Å². The fraction of sp³-hybridized carbons (Fsp3) is 0.227. The van der Waals surface area contributed by atoms with Gasteiger partial charge in [0, 0.05) is 21.2 Å². The number of carbonyl (C=O) groups is 3. The summed E-state index contributed by atoms with van der Waals surface area (Å²) >= 11 is 11.9. The molecule has 0 spiro atoms. The minimum absolute atomic E-state index is 0.0696. The van der Waals surface area contributed by atoms with Crippen LogP contribution in [0.15, 0.2) is 60.7 Å². The summed E-state index contributed by atoms with van der Waals surface area (Å²) in [6.45, 7) is 4.87. The molecule has 2 aromatic carbocycles. The number of ketones is 1. The predicted octanol–water partition coefficient (Wildman–Crippen LogP) is 4.96. The van der Waals surface area contributed by atoms with E-state index in [0.717, 1.165) is 7.11 Å². The first-order valence-corrected chi connectivity index (χ1v) is 9.61. The maximum absolute atomic E-state index is 16.6. The summed E-state index contributed by atoms with van der Waals surface area (Å²) in [4.78, 5) is 38.4. The SMILES string of the molecule is C=C(C(=O)OC)C(c1ccccc1)C(F)(C(=O)OCC)C(=O)c1cc(Cl)cc(Cl)c1. The molecule has 0 N–H and O–H groups in total. The number of rotatable bonds is 8. The van der Waals surface area contributed by atoms with Crippen molar-refractivity contribution in [3.05, 3.63) is 81.9 Å². The number of esters is 2. The first kappa shape index (κ1) is 23.6. The van der Waals surface area contributed by atoms with Gasteiger partial charge in [0.2, 0.25) is 5.78 Å². The van der Waals surface area contributed by atoms with Crippen LogP contribution in [0.5, 0.6) is 0 Å². The Labute approximate surface area is 183 Å². The number of halogens is 3. The lowest BCUT2D eigenvalue weighted by Crippen LogP contribution is -2.50. The molecule has 8 heteroatoms. The highest BCUT2D eigenvalue weighted by Crippen LogP contribution is 2.41. The highest BCUT2D eigenvalue weighted by atomic mass is 35.5. The molecule has 0 saturated carbocycles. The third kappa shape index (κ3) is 4.71. The van der Waals surface area contributed by atoms with E-state index in [9.17, 15) is 14.4 Å². The maximum atomic E-state index is 16.6. The highest BCUT2D eigenvalue weighted by molar-refractivity contribution is 6.35. The standard InChI is InChI=1S/C22H19Cl2FO5/c1-4-30-21(28)22(25,19(26)15-10-16(23)12-17(24)11-15)18(13(2)20(27)29-3)14-8-6-5-7-9-14/h5-12,18H,2,4H2,1,3H3. The number of hydrogen-bond donors (Lipinski definition) is 0. The molecule has 0 radical (unpaired) electrons. The van der Waals surface area contributed by atoms with E-state index in [4.69, 9.17) is 27.9 Å². The molecule has 0 aliphatic carbocycles. The number of carbonyl (C=O) groups excluding carboxylic acids is 3. The van der Waals surface area contributed by atoms with Crippen molar-refractivity contribution >= 4 is 40.9 Å². The largest absolute Gasteiger partial charge is 0.466 e. The average molecular weight is 453 g/mol. The molecule has 2 unspecified atom stereocenters. The van der Waals surface area contributed by atoms with E-state index in [0.29, 0.717) is 0 Å². The summed E-state index contributed by atoms with van der Waals surface area (Å²) in [6, 6.07) is 11.4. The molecule has 2 aromatic rings. The summed E-state index contributed by atoms with van der Waals surface area (Å²) in [6.07, 6.45) is 0. The molecule has 2 atom stereocenters. The summed E-state index contributed by atoms with van der Waals surface area (Å²) in [5.41, 5.74) is -3.87. The van der Waals surface area contributed by atoms with E-state index >= 15 is 4.39 Å². The Balaban J connectivity index is 2.77. The topological polar surface area (TPSA) is 69.7 Å². The van der Waals surface area contributed by atoms with Gasteiger partial charge >= 0.3 is 11.9 Å². The lowest BCUT2D eigenvalue weighted by molar-refractivity contribution is -0.155. The van der Waals surface area contributed by atoms with E-state index in [-0.39, 0.29) is 27.8 Å². The van der Waals surface area contributed by atoms with Gasteiger partial charge in [-0.05, 0) is 30.7 Å². The third-order valence-corrected chi connectivity index (χ3v) is 4.79. The summed E-state index contributed by atoms with van der Waals surface area (Å²) in [5.74, 6) is -5.43. The Morgan fingerprint density at radius 2 is 1.67 bits per heavy atom. The molecule has 0 heterocycles. The molecular weight excluding hydrogens is 434 g/mol. The molecule has 0 aromatic heterocycles. The highest BCUT2D eigenvalue weighted by Gasteiger charge is 2.57. The molecule has 0 bridgehead atoms. The van der Waals surface area contributed by atoms with E-state index in [1.165, 1.54) is 37.3 Å². The zero-order valence-corrected chi connectivity index (χ0v) is 17.8. The second kappa shape index (κ2) is 9.87. The first-order chi connectivity index (χ1) is 14.2. The average Bonchev–Trinajstić information content (AvgIpc) is 2.72. The fourth-order valence-corrected chi connectivity index (χ4v) is 3.56. The van der Waals surface area contributed by atoms with Crippen molar-refractivity contribution in [1.82, 2.24) is 0 Å². The molecule has 158 valence electrons. The Morgan fingerprint density at radius 3 is 2.17 bits per heavy atom. The zero-order chi connectivity index (χ0) is 22.5. The molecule has 2 rings (SSSR count). The van der Waals surface area contributed by atoms with Gasteiger partial charge < -0.3 is 9.47 Å². The van der Waals surface area contributed by atoms with Crippen LogP contribution in [-0.4, -0.2) is 37.1 Å². The Bertz CT molecular complexity index is 956. The van der Waals surface area contributed by atoms with Crippen LogP contribution >= 0.6 is 23.2 Å². The number of alkyl halides is 1.